The minimum absolute atomic E-state index is 0.559. The number of hydrogen-bond acceptors (Lipinski definition) is 2. The van der Waals surface area contributed by atoms with Crippen LogP contribution in [0.5, 0.6) is 5.75 Å². The van der Waals surface area contributed by atoms with E-state index in [2.05, 4.69) is 30.4 Å². The summed E-state index contributed by atoms with van der Waals surface area (Å²) >= 11 is 0. The first-order chi connectivity index (χ1) is 8.31. The Balaban J connectivity index is 1.89. The van der Waals surface area contributed by atoms with E-state index in [4.69, 9.17) is 4.74 Å². The van der Waals surface area contributed by atoms with Crippen molar-refractivity contribution in [1.82, 2.24) is 5.32 Å². The lowest BCUT2D eigenvalue weighted by atomic mass is 9.97. The number of hydrogen-bond donors (Lipinski definition) is 1. The summed E-state index contributed by atoms with van der Waals surface area (Å²) in [6.07, 6.45) is 3.91. The molecule has 1 aliphatic rings. The molecule has 2 nitrogen and oxygen atoms in total. The molecular weight excluding hydrogens is 210 g/mol. The van der Waals surface area contributed by atoms with Gasteiger partial charge in [-0.15, -0.1) is 0 Å². The molecule has 1 aromatic carbocycles. The summed E-state index contributed by atoms with van der Waals surface area (Å²) in [6.45, 7) is 6.18. The van der Waals surface area contributed by atoms with Gasteiger partial charge in [0.05, 0.1) is 6.61 Å². The minimum atomic E-state index is 0.559. The monoisotopic (exact) mass is 233 g/mol. The molecule has 1 aliphatic carbocycles. The highest BCUT2D eigenvalue weighted by Gasteiger charge is 2.20. The second-order valence-electron chi connectivity index (χ2n) is 4.89. The summed E-state index contributed by atoms with van der Waals surface area (Å²) in [4.78, 5) is 0. The van der Waals surface area contributed by atoms with Gasteiger partial charge in [0.1, 0.15) is 5.75 Å². The van der Waals surface area contributed by atoms with Crippen molar-refractivity contribution in [3.63, 3.8) is 0 Å². The molecule has 0 bridgehead atoms. The summed E-state index contributed by atoms with van der Waals surface area (Å²) in [5.41, 5.74) is 1.34. The third-order valence-electron chi connectivity index (χ3n) is 3.34. The molecule has 0 aromatic heterocycles. The maximum Gasteiger partial charge on any atom is 0.122 e. The smallest absolute Gasteiger partial charge is 0.122 e. The van der Waals surface area contributed by atoms with E-state index in [9.17, 15) is 0 Å². The van der Waals surface area contributed by atoms with E-state index in [1.807, 2.05) is 13.0 Å². The first kappa shape index (κ1) is 12.4. The molecule has 1 saturated carbocycles. The highest BCUT2D eigenvalue weighted by atomic mass is 16.5. The first-order valence-corrected chi connectivity index (χ1v) is 6.76. The number of para-hydroxylation sites is 1. The van der Waals surface area contributed by atoms with E-state index >= 15 is 0 Å². The third-order valence-corrected chi connectivity index (χ3v) is 3.34. The zero-order valence-corrected chi connectivity index (χ0v) is 10.9. The van der Waals surface area contributed by atoms with Crippen molar-refractivity contribution >= 4 is 0 Å². The Morgan fingerprint density at radius 3 is 2.82 bits per heavy atom. The Morgan fingerprint density at radius 1 is 1.35 bits per heavy atom. The third kappa shape index (κ3) is 3.74. The zero-order chi connectivity index (χ0) is 12.1. The summed E-state index contributed by atoms with van der Waals surface area (Å²) in [6, 6.07) is 9.22. The fraction of sp³-hybridized carbons (Fsp3) is 0.600. The van der Waals surface area contributed by atoms with Crippen LogP contribution in [-0.2, 0) is 0 Å². The van der Waals surface area contributed by atoms with E-state index in [0.29, 0.717) is 5.92 Å². The SMILES string of the molecule is CCOc1ccccc1C(C)CCNC1CC1. The van der Waals surface area contributed by atoms with Crippen molar-refractivity contribution < 1.29 is 4.74 Å². The molecule has 1 fully saturated rings. The van der Waals surface area contributed by atoms with E-state index in [1.54, 1.807) is 0 Å². The van der Waals surface area contributed by atoms with Crippen molar-refractivity contribution in [3.8, 4) is 5.75 Å². The van der Waals surface area contributed by atoms with Gasteiger partial charge in [0.2, 0.25) is 0 Å². The van der Waals surface area contributed by atoms with Gasteiger partial charge in [0, 0.05) is 6.04 Å². The molecule has 17 heavy (non-hydrogen) atoms. The van der Waals surface area contributed by atoms with Crippen molar-refractivity contribution in [1.29, 1.82) is 0 Å². The van der Waals surface area contributed by atoms with Crippen molar-refractivity contribution in [2.24, 2.45) is 0 Å². The lowest BCUT2D eigenvalue weighted by Crippen LogP contribution is -2.19. The van der Waals surface area contributed by atoms with Crippen LogP contribution in [0, 0.1) is 0 Å². The quantitative estimate of drug-likeness (QED) is 0.780. The zero-order valence-electron chi connectivity index (χ0n) is 10.9. The number of benzene rings is 1. The summed E-state index contributed by atoms with van der Waals surface area (Å²) in [7, 11) is 0. The molecular formula is C15H23NO. The molecule has 1 N–H and O–H groups in total. The molecule has 94 valence electrons. The van der Waals surface area contributed by atoms with E-state index < -0.39 is 0 Å². The van der Waals surface area contributed by atoms with Gasteiger partial charge in [0.15, 0.2) is 0 Å². The Labute approximate surface area is 104 Å². The summed E-state index contributed by atoms with van der Waals surface area (Å²) in [5, 5.41) is 3.57. The van der Waals surface area contributed by atoms with Gasteiger partial charge < -0.3 is 10.1 Å². The number of nitrogens with one attached hydrogen (secondary N) is 1. The van der Waals surface area contributed by atoms with E-state index in [-0.39, 0.29) is 0 Å². The molecule has 0 heterocycles. The van der Waals surface area contributed by atoms with Crippen LogP contribution in [0.2, 0.25) is 0 Å². The van der Waals surface area contributed by atoms with Crippen molar-refractivity contribution in [2.75, 3.05) is 13.2 Å². The van der Waals surface area contributed by atoms with Gasteiger partial charge in [-0.25, -0.2) is 0 Å². The fourth-order valence-electron chi connectivity index (χ4n) is 2.12. The van der Waals surface area contributed by atoms with Gasteiger partial charge in [-0.1, -0.05) is 25.1 Å². The van der Waals surface area contributed by atoms with Crippen LogP contribution in [0.3, 0.4) is 0 Å². The Hall–Kier alpha value is -1.02. The normalized spacial score (nSPS) is 16.8. The second-order valence-corrected chi connectivity index (χ2v) is 4.89. The van der Waals surface area contributed by atoms with Crippen LogP contribution in [0.1, 0.15) is 44.6 Å². The minimum Gasteiger partial charge on any atom is -0.494 e. The van der Waals surface area contributed by atoms with Crippen molar-refractivity contribution in [2.45, 2.75) is 45.1 Å². The van der Waals surface area contributed by atoms with Crippen LogP contribution in [0.4, 0.5) is 0 Å². The Kier molecular flexibility index (Phi) is 4.43. The maximum atomic E-state index is 5.68. The topological polar surface area (TPSA) is 21.3 Å². The van der Waals surface area contributed by atoms with Crippen LogP contribution < -0.4 is 10.1 Å². The van der Waals surface area contributed by atoms with Crippen LogP contribution in [-0.4, -0.2) is 19.2 Å². The average Bonchev–Trinajstić information content (AvgIpc) is 3.14. The van der Waals surface area contributed by atoms with Gasteiger partial charge in [-0.2, -0.15) is 0 Å². The van der Waals surface area contributed by atoms with E-state index in [0.717, 1.165) is 24.9 Å². The highest BCUT2D eigenvalue weighted by Crippen LogP contribution is 2.28. The van der Waals surface area contributed by atoms with Gasteiger partial charge >= 0.3 is 0 Å². The molecule has 2 rings (SSSR count). The number of ether oxygens (including phenoxy) is 1. The van der Waals surface area contributed by atoms with Gasteiger partial charge in [-0.05, 0) is 50.3 Å². The van der Waals surface area contributed by atoms with E-state index in [1.165, 1.54) is 24.8 Å². The highest BCUT2D eigenvalue weighted by molar-refractivity contribution is 5.35. The van der Waals surface area contributed by atoms with Gasteiger partial charge in [0.25, 0.3) is 0 Å². The lowest BCUT2D eigenvalue weighted by molar-refractivity contribution is 0.334. The molecule has 1 unspecified atom stereocenters. The number of rotatable bonds is 7. The molecule has 0 saturated heterocycles. The molecule has 0 aliphatic heterocycles. The summed E-state index contributed by atoms with van der Waals surface area (Å²) < 4.78 is 5.68. The van der Waals surface area contributed by atoms with Gasteiger partial charge in [-0.3, -0.25) is 0 Å². The summed E-state index contributed by atoms with van der Waals surface area (Å²) in [5.74, 6) is 1.61. The van der Waals surface area contributed by atoms with Crippen molar-refractivity contribution in [3.05, 3.63) is 29.8 Å². The molecule has 0 amide bonds. The predicted octanol–water partition coefficient (Wildman–Crippen LogP) is 3.33. The molecule has 2 heteroatoms. The molecule has 0 radical (unpaired) electrons. The average molecular weight is 233 g/mol. The van der Waals surface area contributed by atoms with Crippen LogP contribution in [0.25, 0.3) is 0 Å². The second kappa shape index (κ2) is 6.06. The fourth-order valence-corrected chi connectivity index (χ4v) is 2.12. The largest absolute Gasteiger partial charge is 0.494 e. The first-order valence-electron chi connectivity index (χ1n) is 6.76. The Morgan fingerprint density at radius 2 is 2.12 bits per heavy atom. The predicted molar refractivity (Wildman–Crippen MR) is 71.7 cm³/mol. The molecule has 1 atom stereocenters. The maximum absolute atomic E-state index is 5.68. The standard InChI is InChI=1S/C15H23NO/c1-3-17-15-7-5-4-6-14(15)12(2)10-11-16-13-8-9-13/h4-7,12-13,16H,3,8-11H2,1-2H3. The lowest BCUT2D eigenvalue weighted by Gasteiger charge is -2.16. The van der Waals surface area contributed by atoms with Crippen LogP contribution in [0.15, 0.2) is 24.3 Å². The Bertz CT molecular complexity index is 347. The molecule has 0 spiro atoms. The van der Waals surface area contributed by atoms with Crippen LogP contribution >= 0.6 is 0 Å². The molecule has 1 aromatic rings.